The van der Waals surface area contributed by atoms with Crippen molar-refractivity contribution in [1.29, 1.82) is 0 Å². The van der Waals surface area contributed by atoms with Gasteiger partial charge < -0.3 is 14.8 Å². The summed E-state index contributed by atoms with van der Waals surface area (Å²) in [4.78, 5) is 14.7. The van der Waals surface area contributed by atoms with E-state index in [1.54, 1.807) is 0 Å². The van der Waals surface area contributed by atoms with Gasteiger partial charge in [0.25, 0.3) is 0 Å². The Labute approximate surface area is 250 Å². The normalized spacial score (nSPS) is 38.7. The van der Waals surface area contributed by atoms with Crippen molar-refractivity contribution in [1.82, 2.24) is 25.6 Å². The van der Waals surface area contributed by atoms with Crippen LogP contribution in [0.15, 0.2) is 18.2 Å². The second kappa shape index (κ2) is 12.0. The molecule has 8 nitrogen and oxygen atoms in total. The smallest absolute Gasteiger partial charge is 0.407 e. The summed E-state index contributed by atoms with van der Waals surface area (Å²) in [5.41, 5.74) is 4.08. The molecule has 3 saturated heterocycles. The number of rotatable bonds is 3. The van der Waals surface area contributed by atoms with Crippen LogP contribution in [0, 0.1) is 25.2 Å². The fourth-order valence-corrected chi connectivity index (χ4v) is 9.23. The number of ether oxygens (including phenoxy) is 2. The van der Waals surface area contributed by atoms with E-state index < -0.39 is 0 Å². The van der Waals surface area contributed by atoms with Gasteiger partial charge in [0.2, 0.25) is 0 Å². The minimum atomic E-state index is -0.257. The topological polar surface area (TPSA) is 86.9 Å². The summed E-state index contributed by atoms with van der Waals surface area (Å²) >= 11 is 1.91. The van der Waals surface area contributed by atoms with E-state index >= 15 is 0 Å². The monoisotopic (exact) mass is 585 g/mol. The third-order valence-corrected chi connectivity index (χ3v) is 11.1. The molecule has 2 saturated carbocycles. The Bertz CT molecular complexity index is 1070. The van der Waals surface area contributed by atoms with Crippen LogP contribution in [0.2, 0.25) is 0 Å². The zero-order chi connectivity index (χ0) is 28.8. The molecule has 6 atom stereocenters. The highest BCUT2D eigenvalue weighted by Gasteiger charge is 2.53. The third-order valence-electron chi connectivity index (χ3n) is 9.99. The molecule has 5 unspecified atom stereocenters. The number of carbonyl (C=O) groups excluding carboxylic acids is 1. The number of nitrogens with zero attached hydrogens (tertiary/aromatic N) is 1. The Morgan fingerprint density at radius 1 is 1.10 bits per heavy atom. The van der Waals surface area contributed by atoms with E-state index in [-0.39, 0.29) is 35.6 Å². The Morgan fingerprint density at radius 2 is 1.88 bits per heavy atom. The van der Waals surface area contributed by atoms with Crippen LogP contribution in [-0.4, -0.2) is 66.1 Å². The Hall–Kier alpha value is -1.36. The molecule has 9 heteroatoms. The van der Waals surface area contributed by atoms with Crippen LogP contribution < -0.4 is 20.7 Å². The first-order chi connectivity index (χ1) is 19.6. The number of fused-ring (bicyclic) bond motifs is 4. The minimum absolute atomic E-state index is 0.0153. The molecule has 6 rings (SSSR count). The number of aryl methyl sites for hydroxylation is 2. The minimum Gasteiger partial charge on any atom is -0.447 e. The van der Waals surface area contributed by atoms with Gasteiger partial charge in [-0.25, -0.2) is 9.52 Å². The first-order valence-corrected chi connectivity index (χ1v) is 16.8. The molecular formula is C32H51N5O3S. The van der Waals surface area contributed by atoms with Crippen molar-refractivity contribution in [3.8, 4) is 0 Å². The first-order valence-electron chi connectivity index (χ1n) is 15.9. The van der Waals surface area contributed by atoms with E-state index in [9.17, 15) is 4.79 Å². The fraction of sp³-hybridized carbons (Fsp3) is 0.781. The van der Waals surface area contributed by atoms with E-state index in [2.05, 4.69) is 78.4 Å². The van der Waals surface area contributed by atoms with E-state index in [1.165, 1.54) is 42.4 Å². The van der Waals surface area contributed by atoms with E-state index in [4.69, 9.17) is 9.47 Å². The zero-order valence-corrected chi connectivity index (χ0v) is 26.4. The molecule has 1 amide bonds. The maximum Gasteiger partial charge on any atom is 0.407 e. The molecule has 5 aliphatic rings. The molecule has 0 radical (unpaired) electrons. The van der Waals surface area contributed by atoms with Crippen molar-refractivity contribution in [2.75, 3.05) is 19.8 Å². The molecule has 1 aromatic carbocycles. The predicted molar refractivity (Wildman–Crippen MR) is 164 cm³/mol. The molecule has 5 fully saturated rings. The van der Waals surface area contributed by atoms with Crippen LogP contribution in [-0.2, 0) is 9.47 Å². The van der Waals surface area contributed by atoms with Crippen LogP contribution in [0.25, 0.3) is 0 Å². The summed E-state index contributed by atoms with van der Waals surface area (Å²) < 4.78 is 16.0. The summed E-state index contributed by atoms with van der Waals surface area (Å²) in [5.74, 6) is 0.680. The number of nitrogens with one attached hydrogen (secondary N) is 4. The molecule has 2 aliphatic carbocycles. The van der Waals surface area contributed by atoms with Gasteiger partial charge in [-0.15, -0.1) is 0 Å². The van der Waals surface area contributed by atoms with Crippen LogP contribution in [0.1, 0.15) is 94.9 Å². The van der Waals surface area contributed by atoms with Gasteiger partial charge in [-0.1, -0.05) is 57.3 Å². The van der Waals surface area contributed by atoms with E-state index in [1.807, 2.05) is 11.9 Å². The molecule has 3 aliphatic heterocycles. The maximum absolute atomic E-state index is 11.9. The second-order valence-electron chi connectivity index (χ2n) is 14.7. The molecule has 41 heavy (non-hydrogen) atoms. The molecule has 4 bridgehead atoms. The molecule has 1 aromatic rings. The molecule has 4 N–H and O–H groups in total. The van der Waals surface area contributed by atoms with Gasteiger partial charge >= 0.3 is 6.09 Å². The summed E-state index contributed by atoms with van der Waals surface area (Å²) in [7, 11) is 0. The summed E-state index contributed by atoms with van der Waals surface area (Å²) in [6.07, 6.45) is 8.68. The van der Waals surface area contributed by atoms with Crippen LogP contribution >= 0.6 is 11.9 Å². The third kappa shape index (κ3) is 6.91. The first kappa shape index (κ1) is 29.7. The average Bonchev–Trinajstić information content (AvgIpc) is 3.29. The number of amides is 1. The average molecular weight is 586 g/mol. The number of cyclic esters (lactones) is 1. The summed E-state index contributed by atoms with van der Waals surface area (Å²) in [5, 5.41) is 11.4. The van der Waals surface area contributed by atoms with Gasteiger partial charge in [-0.3, -0.25) is 15.5 Å². The highest BCUT2D eigenvalue weighted by atomic mass is 32.2. The van der Waals surface area contributed by atoms with Crippen LogP contribution in [0.4, 0.5) is 4.79 Å². The van der Waals surface area contributed by atoms with Gasteiger partial charge in [0, 0.05) is 36.3 Å². The largest absolute Gasteiger partial charge is 0.447 e. The zero-order valence-electron chi connectivity index (χ0n) is 25.6. The van der Waals surface area contributed by atoms with Crippen molar-refractivity contribution in [3.05, 3.63) is 34.9 Å². The predicted octanol–water partition coefficient (Wildman–Crippen LogP) is 5.11. The quantitative estimate of drug-likeness (QED) is 0.364. The lowest BCUT2D eigenvalue weighted by atomic mass is 9.71. The van der Waals surface area contributed by atoms with Crippen molar-refractivity contribution < 1.29 is 14.3 Å². The van der Waals surface area contributed by atoms with Gasteiger partial charge in [0.1, 0.15) is 19.1 Å². The second-order valence-corrected chi connectivity index (χ2v) is 15.9. The Balaban J connectivity index is 1.26. The number of hydrogen-bond donors (Lipinski definition) is 4. The lowest BCUT2D eigenvalue weighted by molar-refractivity contribution is -0.0755. The van der Waals surface area contributed by atoms with Crippen LogP contribution in [0.5, 0.6) is 0 Å². The number of carbonyl (C=O) groups is 1. The number of hydrogen-bond acceptors (Lipinski definition) is 8. The van der Waals surface area contributed by atoms with Crippen molar-refractivity contribution >= 4 is 18.0 Å². The summed E-state index contributed by atoms with van der Waals surface area (Å²) in [6, 6.07) is 7.60. The maximum atomic E-state index is 11.9. The van der Waals surface area contributed by atoms with Crippen molar-refractivity contribution in [2.24, 2.45) is 11.3 Å². The number of alkyl carbamates (subject to hydrolysis) is 1. The Morgan fingerprint density at radius 3 is 2.59 bits per heavy atom. The van der Waals surface area contributed by atoms with Gasteiger partial charge in [-0.2, -0.15) is 0 Å². The highest BCUT2D eigenvalue weighted by molar-refractivity contribution is 7.98. The van der Waals surface area contributed by atoms with Crippen molar-refractivity contribution in [3.63, 3.8) is 0 Å². The Kier molecular flexibility index (Phi) is 8.67. The molecular weight excluding hydrogens is 534 g/mol. The molecule has 3 heterocycles. The molecule has 228 valence electrons. The molecule has 1 spiro atoms. The lowest BCUT2D eigenvalue weighted by Gasteiger charge is -2.52. The van der Waals surface area contributed by atoms with Crippen LogP contribution in [0.3, 0.4) is 0 Å². The van der Waals surface area contributed by atoms with Gasteiger partial charge in [-0.05, 0) is 80.4 Å². The molecule has 0 aromatic heterocycles. The van der Waals surface area contributed by atoms with Gasteiger partial charge in [0.05, 0.1) is 12.1 Å². The fourth-order valence-electron chi connectivity index (χ4n) is 8.12. The van der Waals surface area contributed by atoms with Gasteiger partial charge in [0.15, 0.2) is 0 Å². The van der Waals surface area contributed by atoms with Crippen molar-refractivity contribution in [2.45, 2.75) is 127 Å². The number of benzene rings is 1. The van der Waals surface area contributed by atoms with E-state index in [0.717, 1.165) is 32.2 Å². The summed E-state index contributed by atoms with van der Waals surface area (Å²) in [6.45, 7) is 13.8. The SMILES string of the molecule is Cc1cccc(C)c1C1CC2NC(NSC3CCCC(C3)CN(C3CC4(COC(=O)N4)C3)[C@H](CC(C)(C)C)CO2)N1. The van der Waals surface area contributed by atoms with E-state index in [0.29, 0.717) is 36.5 Å². The highest BCUT2D eigenvalue weighted by Crippen LogP contribution is 2.43. The lowest BCUT2D eigenvalue weighted by Crippen LogP contribution is -2.65. The standard InChI is InChI=1S/C32H51N5O3S/c1-20-8-6-9-21(2)28(20)26-13-27-34-29(33-26)36-41-25-11-7-10-22(12-25)17-37(24(18-39-27)14-31(3,4)5)23-15-32(16-23)19-40-30(38)35-32/h6,8-9,22-27,29,33-34,36H,7,10-19H2,1-5H3,(H,35,38)/t22?,23?,24-,25?,26?,27?,29?,32?/m1/s1.